The number of rotatable bonds is 7. The molecule has 0 atom stereocenters. The molecule has 0 aliphatic carbocycles. The van der Waals surface area contributed by atoms with Gasteiger partial charge in [0.2, 0.25) is 5.89 Å². The fourth-order valence-electron chi connectivity index (χ4n) is 3.73. The van der Waals surface area contributed by atoms with E-state index in [9.17, 15) is 8.42 Å². The molecular formula is C26H24N2O6S. The molecule has 9 heteroatoms. The molecule has 5 rings (SSSR count). The van der Waals surface area contributed by atoms with E-state index in [1.807, 2.05) is 43.3 Å². The Bertz CT molecular complexity index is 1430. The first kappa shape index (κ1) is 22.8. The van der Waals surface area contributed by atoms with Gasteiger partial charge >= 0.3 is 0 Å². The predicted octanol–water partition coefficient (Wildman–Crippen LogP) is 4.83. The molecule has 4 aromatic rings. The molecule has 35 heavy (non-hydrogen) atoms. The summed E-state index contributed by atoms with van der Waals surface area (Å²) >= 11 is 0. The summed E-state index contributed by atoms with van der Waals surface area (Å²) in [5, 5.41) is 0. The lowest BCUT2D eigenvalue weighted by Crippen LogP contribution is -2.31. The first-order chi connectivity index (χ1) is 16.9. The SMILES string of the molecule is COc1ccc(-c2nc(CN(c3ccc(C)cc3)S(=O)(=O)c3ccc4c(c3)OCCO4)co2)cc1. The molecule has 8 nitrogen and oxygen atoms in total. The van der Waals surface area contributed by atoms with Gasteiger partial charge in [-0.3, -0.25) is 4.31 Å². The van der Waals surface area contributed by atoms with Crippen molar-refractivity contribution in [1.82, 2.24) is 4.98 Å². The lowest BCUT2D eigenvalue weighted by molar-refractivity contribution is 0.171. The first-order valence-electron chi connectivity index (χ1n) is 11.0. The van der Waals surface area contributed by atoms with Gasteiger partial charge in [0.25, 0.3) is 10.0 Å². The molecule has 0 unspecified atom stereocenters. The van der Waals surface area contributed by atoms with Crippen molar-refractivity contribution in [3.8, 4) is 28.7 Å². The maximum Gasteiger partial charge on any atom is 0.264 e. The van der Waals surface area contributed by atoms with Crippen LogP contribution in [0.5, 0.6) is 17.2 Å². The van der Waals surface area contributed by atoms with Gasteiger partial charge in [0.05, 0.1) is 24.2 Å². The minimum absolute atomic E-state index is 0.0144. The number of benzene rings is 3. The average Bonchev–Trinajstić information content (AvgIpc) is 3.36. The summed E-state index contributed by atoms with van der Waals surface area (Å²) < 4.78 is 50.9. The molecule has 1 aromatic heterocycles. The molecule has 180 valence electrons. The Labute approximate surface area is 203 Å². The Hall–Kier alpha value is -3.98. The van der Waals surface area contributed by atoms with E-state index in [4.69, 9.17) is 18.6 Å². The molecule has 1 aliphatic heterocycles. The number of hydrogen-bond acceptors (Lipinski definition) is 7. The van der Waals surface area contributed by atoms with Gasteiger partial charge in [0, 0.05) is 11.6 Å². The Balaban J connectivity index is 1.49. The summed E-state index contributed by atoms with van der Waals surface area (Å²) in [6.45, 7) is 2.73. The zero-order valence-electron chi connectivity index (χ0n) is 19.3. The molecule has 0 amide bonds. The van der Waals surface area contributed by atoms with Crippen molar-refractivity contribution in [2.45, 2.75) is 18.4 Å². The molecule has 2 heterocycles. The molecule has 0 radical (unpaired) electrons. The van der Waals surface area contributed by atoms with Crippen molar-refractivity contribution in [2.24, 2.45) is 0 Å². The van der Waals surface area contributed by atoms with Crippen molar-refractivity contribution in [1.29, 1.82) is 0 Å². The minimum Gasteiger partial charge on any atom is -0.497 e. The summed E-state index contributed by atoms with van der Waals surface area (Å²) in [6.07, 6.45) is 1.47. The van der Waals surface area contributed by atoms with E-state index >= 15 is 0 Å². The number of oxazole rings is 1. The van der Waals surface area contributed by atoms with Gasteiger partial charge in [-0.2, -0.15) is 0 Å². The highest BCUT2D eigenvalue weighted by Crippen LogP contribution is 2.35. The number of aromatic nitrogens is 1. The largest absolute Gasteiger partial charge is 0.497 e. The second-order valence-corrected chi connectivity index (χ2v) is 9.89. The van der Waals surface area contributed by atoms with Crippen LogP contribution in [0.15, 0.2) is 82.3 Å². The smallest absolute Gasteiger partial charge is 0.264 e. The van der Waals surface area contributed by atoms with E-state index in [0.717, 1.165) is 16.9 Å². The lowest BCUT2D eigenvalue weighted by atomic mass is 10.2. The third-order valence-electron chi connectivity index (χ3n) is 5.62. The number of aryl methyl sites for hydroxylation is 1. The number of anilines is 1. The molecular weight excluding hydrogens is 468 g/mol. The standard InChI is InChI=1S/C26H24N2O6S/c1-18-3-7-21(8-4-18)28(35(29,30)23-11-12-24-25(15-23)33-14-13-32-24)16-20-17-34-26(27-20)19-5-9-22(31-2)10-6-19/h3-12,15,17H,13-14,16H2,1-2H3. The van der Waals surface area contributed by atoms with E-state index in [1.54, 1.807) is 25.3 Å². The van der Waals surface area contributed by atoms with E-state index < -0.39 is 10.0 Å². The van der Waals surface area contributed by atoms with Gasteiger partial charge in [0.1, 0.15) is 30.9 Å². The Kier molecular flexibility index (Phi) is 6.08. The maximum absolute atomic E-state index is 13.8. The van der Waals surface area contributed by atoms with Crippen LogP contribution in [0.2, 0.25) is 0 Å². The van der Waals surface area contributed by atoms with Crippen molar-refractivity contribution < 1.29 is 27.0 Å². The normalized spacial score (nSPS) is 12.9. The quantitative estimate of drug-likeness (QED) is 0.365. The van der Waals surface area contributed by atoms with Gasteiger partial charge in [-0.1, -0.05) is 17.7 Å². The fraction of sp³-hybridized carbons (Fsp3) is 0.192. The average molecular weight is 493 g/mol. The van der Waals surface area contributed by atoms with E-state index in [-0.39, 0.29) is 11.4 Å². The van der Waals surface area contributed by atoms with Crippen LogP contribution >= 0.6 is 0 Å². The monoisotopic (exact) mass is 492 g/mol. The summed E-state index contributed by atoms with van der Waals surface area (Å²) in [5.41, 5.74) is 2.76. The number of fused-ring (bicyclic) bond motifs is 1. The third kappa shape index (κ3) is 4.67. The first-order valence-corrected chi connectivity index (χ1v) is 12.5. The van der Waals surface area contributed by atoms with Crippen LogP contribution in [0.4, 0.5) is 5.69 Å². The Morgan fingerprint density at radius 1 is 0.943 bits per heavy atom. The summed E-state index contributed by atoms with van der Waals surface area (Å²) in [6, 6.07) is 19.2. The van der Waals surface area contributed by atoms with Crippen molar-refractivity contribution in [2.75, 3.05) is 24.6 Å². The van der Waals surface area contributed by atoms with Crippen LogP contribution in [-0.2, 0) is 16.6 Å². The van der Waals surface area contributed by atoms with Crippen LogP contribution < -0.4 is 18.5 Å². The van der Waals surface area contributed by atoms with Crippen molar-refractivity contribution in [3.05, 3.63) is 84.3 Å². The minimum atomic E-state index is -3.96. The lowest BCUT2D eigenvalue weighted by Gasteiger charge is -2.25. The molecule has 0 saturated carbocycles. The highest BCUT2D eigenvalue weighted by molar-refractivity contribution is 7.92. The predicted molar refractivity (Wildman–Crippen MR) is 130 cm³/mol. The number of nitrogens with zero attached hydrogens (tertiary/aromatic N) is 2. The van der Waals surface area contributed by atoms with Crippen molar-refractivity contribution in [3.63, 3.8) is 0 Å². The number of sulfonamides is 1. The topological polar surface area (TPSA) is 91.1 Å². The zero-order chi connectivity index (χ0) is 24.4. The van der Waals surface area contributed by atoms with Gasteiger partial charge in [-0.25, -0.2) is 13.4 Å². The molecule has 0 fully saturated rings. The van der Waals surface area contributed by atoms with E-state index in [1.165, 1.54) is 22.7 Å². The molecule has 0 saturated heterocycles. The van der Waals surface area contributed by atoms with Crippen molar-refractivity contribution >= 4 is 15.7 Å². The summed E-state index contributed by atoms with van der Waals surface area (Å²) in [5.74, 6) is 2.04. The second-order valence-electron chi connectivity index (χ2n) is 8.03. The van der Waals surface area contributed by atoms with E-state index in [0.29, 0.717) is 42.0 Å². The molecule has 1 aliphatic rings. The number of hydrogen-bond donors (Lipinski definition) is 0. The summed E-state index contributed by atoms with van der Waals surface area (Å²) in [4.78, 5) is 4.64. The molecule has 0 bridgehead atoms. The van der Waals surface area contributed by atoms with Crippen LogP contribution in [0.3, 0.4) is 0 Å². The second kappa shape index (κ2) is 9.34. The Morgan fingerprint density at radius 2 is 1.66 bits per heavy atom. The fourth-order valence-corrected chi connectivity index (χ4v) is 5.18. The van der Waals surface area contributed by atoms with Crippen LogP contribution in [-0.4, -0.2) is 33.7 Å². The summed E-state index contributed by atoms with van der Waals surface area (Å²) in [7, 11) is -2.37. The molecule has 0 spiro atoms. The highest BCUT2D eigenvalue weighted by Gasteiger charge is 2.28. The van der Waals surface area contributed by atoms with Crippen LogP contribution in [0.25, 0.3) is 11.5 Å². The molecule has 3 aromatic carbocycles. The third-order valence-corrected chi connectivity index (χ3v) is 7.39. The van der Waals surface area contributed by atoms with E-state index in [2.05, 4.69) is 4.98 Å². The highest BCUT2D eigenvalue weighted by atomic mass is 32.2. The zero-order valence-corrected chi connectivity index (χ0v) is 20.1. The van der Waals surface area contributed by atoms with Crippen LogP contribution in [0.1, 0.15) is 11.3 Å². The van der Waals surface area contributed by atoms with Gasteiger partial charge < -0.3 is 18.6 Å². The number of ether oxygens (including phenoxy) is 3. The number of methoxy groups -OCH3 is 1. The van der Waals surface area contributed by atoms with Gasteiger partial charge in [-0.05, 0) is 55.5 Å². The maximum atomic E-state index is 13.8. The van der Waals surface area contributed by atoms with Gasteiger partial charge in [0.15, 0.2) is 11.5 Å². The van der Waals surface area contributed by atoms with Gasteiger partial charge in [-0.15, -0.1) is 0 Å². The Morgan fingerprint density at radius 3 is 2.37 bits per heavy atom. The van der Waals surface area contributed by atoms with Crippen LogP contribution in [0, 0.1) is 6.92 Å². The molecule has 0 N–H and O–H groups in total.